The van der Waals surface area contributed by atoms with Crippen molar-refractivity contribution < 1.29 is 0 Å². The van der Waals surface area contributed by atoms with E-state index in [-0.39, 0.29) is 0 Å². The molecule has 4 rings (SSSR count). The van der Waals surface area contributed by atoms with Gasteiger partial charge in [0.2, 0.25) is 0 Å². The minimum Gasteiger partial charge on any atom is -0.280 e. The van der Waals surface area contributed by atoms with Crippen LogP contribution in [0.1, 0.15) is 16.0 Å². The number of thioether (sulfide) groups is 1. The maximum atomic E-state index is 9.02. The third kappa shape index (κ3) is 1.82. The number of hydrogen-bond acceptors (Lipinski definition) is 5. The fourth-order valence-electron chi connectivity index (χ4n) is 2.38. The lowest BCUT2D eigenvalue weighted by atomic mass is 10.2. The second kappa shape index (κ2) is 4.62. The van der Waals surface area contributed by atoms with E-state index in [1.165, 1.54) is 16.2 Å². The van der Waals surface area contributed by atoms with Crippen molar-refractivity contribution in [3.05, 3.63) is 40.4 Å². The van der Waals surface area contributed by atoms with Crippen molar-refractivity contribution in [2.45, 2.75) is 12.2 Å². The third-order valence-corrected chi connectivity index (χ3v) is 5.62. The van der Waals surface area contributed by atoms with E-state index in [4.69, 9.17) is 5.26 Å². The fourth-order valence-corrected chi connectivity index (χ4v) is 4.74. The summed E-state index contributed by atoms with van der Waals surface area (Å²) < 4.78 is 1.91. The number of hydrogen-bond donors (Lipinski definition) is 0. The van der Waals surface area contributed by atoms with Gasteiger partial charge < -0.3 is 0 Å². The van der Waals surface area contributed by atoms with Gasteiger partial charge in [-0.1, -0.05) is 0 Å². The van der Waals surface area contributed by atoms with E-state index in [0.29, 0.717) is 5.56 Å². The Hall–Kier alpha value is -1.84. The Labute approximate surface area is 124 Å². The first-order valence-corrected chi connectivity index (χ1v) is 8.27. The summed E-state index contributed by atoms with van der Waals surface area (Å²) in [5.41, 5.74) is 2.82. The average molecular weight is 298 g/mol. The summed E-state index contributed by atoms with van der Waals surface area (Å²) in [5.74, 6) is 3.12. The molecule has 0 spiro atoms. The van der Waals surface area contributed by atoms with Crippen molar-refractivity contribution >= 4 is 28.7 Å². The second-order valence-corrected chi connectivity index (χ2v) is 6.88. The van der Waals surface area contributed by atoms with E-state index in [2.05, 4.69) is 22.3 Å². The largest absolute Gasteiger partial charge is 0.280 e. The minimum absolute atomic E-state index is 0.621. The number of nitrogens with zero attached hydrogens (tertiary/aromatic N) is 4. The van der Waals surface area contributed by atoms with Crippen LogP contribution in [0, 0.1) is 11.3 Å². The van der Waals surface area contributed by atoms with Crippen LogP contribution in [0.15, 0.2) is 24.4 Å². The molecule has 0 fully saturated rings. The highest BCUT2D eigenvalue weighted by Gasteiger charge is 2.17. The number of thiophene rings is 1. The van der Waals surface area contributed by atoms with Gasteiger partial charge in [0.05, 0.1) is 10.4 Å². The van der Waals surface area contributed by atoms with Crippen LogP contribution >= 0.6 is 23.1 Å². The Morgan fingerprint density at radius 3 is 3.10 bits per heavy atom. The molecule has 1 aliphatic heterocycles. The highest BCUT2D eigenvalue weighted by Crippen LogP contribution is 2.36. The van der Waals surface area contributed by atoms with Crippen LogP contribution in [-0.2, 0) is 12.2 Å². The van der Waals surface area contributed by atoms with Crippen molar-refractivity contribution in [3.8, 4) is 16.8 Å². The molecule has 4 heterocycles. The summed E-state index contributed by atoms with van der Waals surface area (Å²) in [6.45, 7) is 0. The van der Waals surface area contributed by atoms with Crippen LogP contribution in [0.5, 0.6) is 0 Å². The van der Waals surface area contributed by atoms with Crippen LogP contribution in [-0.4, -0.2) is 20.4 Å². The van der Waals surface area contributed by atoms with Gasteiger partial charge in [-0.25, -0.2) is 0 Å². The standard InChI is InChI=1S/C14H10N4S2/c15-6-9-1-2-13-16-17-14(18(13)7-9)12-5-10-8-19-4-3-11(10)20-12/h1-2,5,7H,3-4,8H2. The van der Waals surface area contributed by atoms with Gasteiger partial charge in [0.1, 0.15) is 6.07 Å². The van der Waals surface area contributed by atoms with Crippen molar-refractivity contribution in [1.82, 2.24) is 14.6 Å². The third-order valence-electron chi connectivity index (χ3n) is 3.38. The van der Waals surface area contributed by atoms with Gasteiger partial charge in [0, 0.05) is 16.8 Å². The SMILES string of the molecule is N#Cc1ccc2nnc(-c3cc4c(s3)CCSC4)n2c1. The lowest BCUT2D eigenvalue weighted by Crippen LogP contribution is -1.96. The molecule has 0 aliphatic carbocycles. The minimum atomic E-state index is 0.621. The maximum absolute atomic E-state index is 9.02. The first kappa shape index (κ1) is 11.9. The highest BCUT2D eigenvalue weighted by atomic mass is 32.2. The van der Waals surface area contributed by atoms with Gasteiger partial charge in [-0.3, -0.25) is 4.40 Å². The lowest BCUT2D eigenvalue weighted by molar-refractivity contribution is 1.11. The maximum Gasteiger partial charge on any atom is 0.178 e. The zero-order chi connectivity index (χ0) is 13.5. The van der Waals surface area contributed by atoms with Gasteiger partial charge in [0.25, 0.3) is 0 Å². The number of aryl methyl sites for hydroxylation is 1. The monoisotopic (exact) mass is 298 g/mol. The van der Waals surface area contributed by atoms with Gasteiger partial charge in [0.15, 0.2) is 11.5 Å². The van der Waals surface area contributed by atoms with Gasteiger partial charge in [-0.15, -0.1) is 21.5 Å². The van der Waals surface area contributed by atoms with E-state index in [1.54, 1.807) is 23.6 Å². The van der Waals surface area contributed by atoms with Crippen LogP contribution in [0.25, 0.3) is 16.3 Å². The fraction of sp³-hybridized carbons (Fsp3) is 0.214. The normalized spacial score (nSPS) is 14.2. The van der Waals surface area contributed by atoms with E-state index in [9.17, 15) is 0 Å². The van der Waals surface area contributed by atoms with Gasteiger partial charge in [-0.05, 0) is 35.9 Å². The number of fused-ring (bicyclic) bond motifs is 2. The molecule has 0 unspecified atom stereocenters. The predicted octanol–water partition coefficient (Wildman–Crippen LogP) is 3.12. The number of aromatic nitrogens is 3. The molecule has 4 nitrogen and oxygen atoms in total. The van der Waals surface area contributed by atoms with Crippen molar-refractivity contribution in [2.24, 2.45) is 0 Å². The number of rotatable bonds is 1. The van der Waals surface area contributed by atoms with Gasteiger partial charge >= 0.3 is 0 Å². The van der Waals surface area contributed by atoms with Crippen molar-refractivity contribution in [2.75, 3.05) is 5.75 Å². The zero-order valence-corrected chi connectivity index (χ0v) is 12.2. The second-order valence-electron chi connectivity index (χ2n) is 4.64. The summed E-state index contributed by atoms with van der Waals surface area (Å²) in [4.78, 5) is 2.60. The summed E-state index contributed by atoms with van der Waals surface area (Å²) in [6.07, 6.45) is 2.95. The first-order valence-electron chi connectivity index (χ1n) is 6.30. The molecule has 0 amide bonds. The Kier molecular flexibility index (Phi) is 2.76. The molecule has 0 radical (unpaired) electrons. The Morgan fingerprint density at radius 1 is 1.30 bits per heavy atom. The van der Waals surface area contributed by atoms with Crippen molar-refractivity contribution in [1.29, 1.82) is 5.26 Å². The van der Waals surface area contributed by atoms with E-state index >= 15 is 0 Å². The number of pyridine rings is 1. The topological polar surface area (TPSA) is 54.0 Å². The Morgan fingerprint density at radius 2 is 2.25 bits per heavy atom. The quantitative estimate of drug-likeness (QED) is 0.692. The molecule has 0 saturated heterocycles. The van der Waals surface area contributed by atoms with Crippen LogP contribution in [0.3, 0.4) is 0 Å². The Balaban J connectivity index is 1.89. The van der Waals surface area contributed by atoms with E-state index in [0.717, 1.165) is 28.5 Å². The van der Waals surface area contributed by atoms with Crippen LogP contribution in [0.4, 0.5) is 0 Å². The summed E-state index contributed by atoms with van der Waals surface area (Å²) in [5, 5.41) is 17.5. The molecule has 20 heavy (non-hydrogen) atoms. The van der Waals surface area contributed by atoms with E-state index in [1.807, 2.05) is 22.2 Å². The predicted molar refractivity (Wildman–Crippen MR) is 80.9 cm³/mol. The smallest absolute Gasteiger partial charge is 0.178 e. The molecule has 0 aromatic carbocycles. The van der Waals surface area contributed by atoms with Gasteiger partial charge in [-0.2, -0.15) is 17.0 Å². The summed E-state index contributed by atoms with van der Waals surface area (Å²) in [7, 11) is 0. The molecule has 3 aromatic rings. The Bertz CT molecular complexity index is 817. The average Bonchev–Trinajstić information content (AvgIpc) is 3.09. The molecular weight excluding hydrogens is 288 g/mol. The molecule has 0 saturated carbocycles. The number of nitriles is 1. The van der Waals surface area contributed by atoms with E-state index < -0.39 is 0 Å². The lowest BCUT2D eigenvalue weighted by Gasteiger charge is -2.08. The molecule has 0 atom stereocenters. The summed E-state index contributed by atoms with van der Waals surface area (Å²) in [6, 6.07) is 7.98. The molecule has 0 N–H and O–H groups in total. The summed E-state index contributed by atoms with van der Waals surface area (Å²) >= 11 is 3.78. The zero-order valence-electron chi connectivity index (χ0n) is 10.5. The highest BCUT2D eigenvalue weighted by molar-refractivity contribution is 7.98. The molecule has 6 heteroatoms. The van der Waals surface area contributed by atoms with Crippen LogP contribution < -0.4 is 0 Å². The molecule has 98 valence electrons. The first-order chi connectivity index (χ1) is 9.85. The molecule has 0 bridgehead atoms. The molecular formula is C14H10N4S2. The van der Waals surface area contributed by atoms with Crippen LogP contribution in [0.2, 0.25) is 0 Å². The van der Waals surface area contributed by atoms with Crippen molar-refractivity contribution in [3.63, 3.8) is 0 Å². The molecule has 3 aromatic heterocycles. The molecule has 1 aliphatic rings.